The third-order valence-corrected chi connectivity index (χ3v) is 4.28. The lowest BCUT2D eigenvalue weighted by atomic mass is 10.1. The Kier molecular flexibility index (Phi) is 5.95. The summed E-state index contributed by atoms with van der Waals surface area (Å²) in [7, 11) is 0. The summed E-state index contributed by atoms with van der Waals surface area (Å²) in [5.41, 5.74) is 1.20. The van der Waals surface area contributed by atoms with Gasteiger partial charge in [0, 0.05) is 13.1 Å². The van der Waals surface area contributed by atoms with Crippen LogP contribution in [0.15, 0.2) is 29.5 Å². The van der Waals surface area contributed by atoms with Gasteiger partial charge in [-0.2, -0.15) is 11.3 Å². The SMILES string of the molecule is C=CCNC(=O)C(=O)NCC(c1ccsc1)N1CCCC1. The molecule has 21 heavy (non-hydrogen) atoms. The Balaban J connectivity index is 1.91. The number of nitrogens with zero attached hydrogens (tertiary/aromatic N) is 1. The van der Waals surface area contributed by atoms with Crippen molar-refractivity contribution in [2.75, 3.05) is 26.2 Å². The molecule has 1 aromatic rings. The molecule has 1 aliphatic rings. The van der Waals surface area contributed by atoms with Gasteiger partial charge in [-0.15, -0.1) is 6.58 Å². The number of amides is 2. The Labute approximate surface area is 129 Å². The Hall–Kier alpha value is -1.66. The first kappa shape index (κ1) is 15.7. The molecule has 2 heterocycles. The molecule has 2 N–H and O–H groups in total. The molecule has 1 saturated heterocycles. The maximum atomic E-state index is 11.8. The van der Waals surface area contributed by atoms with E-state index in [1.165, 1.54) is 18.4 Å². The van der Waals surface area contributed by atoms with Crippen LogP contribution in [0.4, 0.5) is 0 Å². The number of thiophene rings is 1. The topological polar surface area (TPSA) is 61.4 Å². The van der Waals surface area contributed by atoms with E-state index in [1.54, 1.807) is 17.4 Å². The molecule has 1 atom stereocenters. The maximum absolute atomic E-state index is 11.8. The monoisotopic (exact) mass is 307 g/mol. The average Bonchev–Trinajstić information content (AvgIpc) is 3.18. The van der Waals surface area contributed by atoms with Crippen LogP contribution < -0.4 is 10.6 Å². The van der Waals surface area contributed by atoms with Crippen molar-refractivity contribution in [1.82, 2.24) is 15.5 Å². The van der Waals surface area contributed by atoms with Crippen LogP contribution in [0.5, 0.6) is 0 Å². The molecule has 0 aromatic carbocycles. The average molecular weight is 307 g/mol. The number of carbonyl (C=O) groups is 2. The summed E-state index contributed by atoms with van der Waals surface area (Å²) in [6, 6.07) is 2.23. The van der Waals surface area contributed by atoms with Gasteiger partial charge in [-0.25, -0.2) is 0 Å². The van der Waals surface area contributed by atoms with Gasteiger partial charge in [0.2, 0.25) is 0 Å². The van der Waals surface area contributed by atoms with E-state index in [-0.39, 0.29) is 6.04 Å². The molecule has 1 aromatic heterocycles. The fourth-order valence-electron chi connectivity index (χ4n) is 2.49. The van der Waals surface area contributed by atoms with Gasteiger partial charge in [0.05, 0.1) is 6.04 Å². The lowest BCUT2D eigenvalue weighted by molar-refractivity contribution is -0.139. The molecular weight excluding hydrogens is 286 g/mol. The fourth-order valence-corrected chi connectivity index (χ4v) is 3.20. The normalized spacial score (nSPS) is 16.4. The minimum absolute atomic E-state index is 0.148. The van der Waals surface area contributed by atoms with E-state index in [0.29, 0.717) is 13.1 Å². The lowest BCUT2D eigenvalue weighted by Gasteiger charge is -2.27. The molecule has 0 saturated carbocycles. The Bertz CT molecular complexity index is 481. The zero-order chi connectivity index (χ0) is 15.1. The van der Waals surface area contributed by atoms with Gasteiger partial charge in [-0.05, 0) is 48.3 Å². The van der Waals surface area contributed by atoms with Crippen molar-refractivity contribution in [3.63, 3.8) is 0 Å². The summed E-state index contributed by atoms with van der Waals surface area (Å²) in [6.45, 7) is 6.34. The van der Waals surface area contributed by atoms with E-state index in [1.807, 2.05) is 5.38 Å². The van der Waals surface area contributed by atoms with Gasteiger partial charge >= 0.3 is 11.8 Å². The molecule has 2 amide bonds. The fraction of sp³-hybridized carbons (Fsp3) is 0.467. The summed E-state index contributed by atoms with van der Waals surface area (Å²) in [5.74, 6) is -1.20. The Morgan fingerprint density at radius 3 is 2.67 bits per heavy atom. The number of hydrogen-bond donors (Lipinski definition) is 2. The van der Waals surface area contributed by atoms with Crippen molar-refractivity contribution in [1.29, 1.82) is 0 Å². The second-order valence-corrected chi connectivity index (χ2v) is 5.80. The molecule has 1 fully saturated rings. The zero-order valence-electron chi connectivity index (χ0n) is 12.0. The van der Waals surface area contributed by atoms with Gasteiger partial charge in [0.25, 0.3) is 0 Å². The van der Waals surface area contributed by atoms with E-state index in [0.717, 1.165) is 13.1 Å². The largest absolute Gasteiger partial charge is 0.346 e. The highest BCUT2D eigenvalue weighted by Gasteiger charge is 2.25. The van der Waals surface area contributed by atoms with Crippen molar-refractivity contribution < 1.29 is 9.59 Å². The van der Waals surface area contributed by atoms with Crippen molar-refractivity contribution in [2.45, 2.75) is 18.9 Å². The molecule has 1 unspecified atom stereocenters. The number of rotatable bonds is 6. The van der Waals surface area contributed by atoms with Crippen LogP contribution in [0.3, 0.4) is 0 Å². The minimum Gasteiger partial charge on any atom is -0.346 e. The number of hydrogen-bond acceptors (Lipinski definition) is 4. The van der Waals surface area contributed by atoms with Crippen LogP contribution in [0.2, 0.25) is 0 Å². The molecule has 0 aliphatic carbocycles. The minimum atomic E-state index is -0.611. The predicted octanol–water partition coefficient (Wildman–Crippen LogP) is 1.30. The summed E-state index contributed by atoms with van der Waals surface area (Å²) < 4.78 is 0. The van der Waals surface area contributed by atoms with Gasteiger partial charge in [0.15, 0.2) is 0 Å². The van der Waals surface area contributed by atoms with Gasteiger partial charge in [-0.1, -0.05) is 6.08 Å². The van der Waals surface area contributed by atoms with Crippen LogP contribution >= 0.6 is 11.3 Å². The zero-order valence-corrected chi connectivity index (χ0v) is 12.8. The van der Waals surface area contributed by atoms with E-state index in [9.17, 15) is 9.59 Å². The number of carbonyl (C=O) groups excluding carboxylic acids is 2. The third kappa shape index (κ3) is 4.41. The maximum Gasteiger partial charge on any atom is 0.309 e. The molecule has 0 spiro atoms. The first-order chi connectivity index (χ1) is 10.2. The second kappa shape index (κ2) is 7.95. The molecule has 2 rings (SSSR count). The highest BCUT2D eigenvalue weighted by atomic mass is 32.1. The van der Waals surface area contributed by atoms with Crippen LogP contribution in [0.1, 0.15) is 24.4 Å². The number of nitrogens with one attached hydrogen (secondary N) is 2. The first-order valence-corrected chi connectivity index (χ1v) is 8.09. The van der Waals surface area contributed by atoms with Crippen molar-refractivity contribution >= 4 is 23.2 Å². The molecule has 0 radical (unpaired) electrons. The molecule has 1 aliphatic heterocycles. The van der Waals surface area contributed by atoms with Gasteiger partial charge in [-0.3, -0.25) is 14.5 Å². The van der Waals surface area contributed by atoms with Crippen LogP contribution in [-0.4, -0.2) is 42.9 Å². The third-order valence-electron chi connectivity index (χ3n) is 3.58. The van der Waals surface area contributed by atoms with E-state index >= 15 is 0 Å². The van der Waals surface area contributed by atoms with E-state index < -0.39 is 11.8 Å². The molecule has 6 heteroatoms. The molecule has 0 bridgehead atoms. The smallest absolute Gasteiger partial charge is 0.309 e. The second-order valence-electron chi connectivity index (χ2n) is 5.02. The lowest BCUT2D eigenvalue weighted by Crippen LogP contribution is -2.43. The predicted molar refractivity (Wildman–Crippen MR) is 84.1 cm³/mol. The van der Waals surface area contributed by atoms with E-state index in [4.69, 9.17) is 0 Å². The summed E-state index contributed by atoms with van der Waals surface area (Å²) in [4.78, 5) is 25.7. The van der Waals surface area contributed by atoms with Crippen molar-refractivity contribution in [2.24, 2.45) is 0 Å². The molecular formula is C15H21N3O2S. The Morgan fingerprint density at radius 2 is 2.05 bits per heavy atom. The van der Waals surface area contributed by atoms with E-state index in [2.05, 4.69) is 33.6 Å². The van der Waals surface area contributed by atoms with Crippen molar-refractivity contribution in [3.8, 4) is 0 Å². The van der Waals surface area contributed by atoms with Crippen molar-refractivity contribution in [3.05, 3.63) is 35.0 Å². The number of likely N-dealkylation sites (tertiary alicyclic amines) is 1. The van der Waals surface area contributed by atoms with Crippen LogP contribution in [0.25, 0.3) is 0 Å². The summed E-state index contributed by atoms with van der Waals surface area (Å²) >= 11 is 1.65. The van der Waals surface area contributed by atoms with Gasteiger partial charge < -0.3 is 10.6 Å². The standard InChI is InChI=1S/C15H21N3O2S/c1-2-6-16-14(19)15(20)17-10-13(12-5-9-21-11-12)18-7-3-4-8-18/h2,5,9,11,13H,1,3-4,6-8,10H2,(H,16,19)(H,17,20). The first-order valence-electron chi connectivity index (χ1n) is 7.15. The summed E-state index contributed by atoms with van der Waals surface area (Å²) in [6.07, 6.45) is 3.92. The highest BCUT2D eigenvalue weighted by molar-refractivity contribution is 7.07. The van der Waals surface area contributed by atoms with Crippen LogP contribution in [0, 0.1) is 0 Å². The highest BCUT2D eigenvalue weighted by Crippen LogP contribution is 2.26. The Morgan fingerprint density at radius 1 is 1.33 bits per heavy atom. The quantitative estimate of drug-likeness (QED) is 0.615. The van der Waals surface area contributed by atoms with Gasteiger partial charge in [0.1, 0.15) is 0 Å². The molecule has 5 nitrogen and oxygen atoms in total. The van der Waals surface area contributed by atoms with Crippen LogP contribution in [-0.2, 0) is 9.59 Å². The molecule has 114 valence electrons. The summed E-state index contributed by atoms with van der Waals surface area (Å²) in [5, 5.41) is 9.36.